The van der Waals surface area contributed by atoms with Crippen molar-refractivity contribution in [2.75, 3.05) is 6.54 Å². The highest BCUT2D eigenvalue weighted by Crippen LogP contribution is 2.24. The highest BCUT2D eigenvalue weighted by molar-refractivity contribution is 7.09. The van der Waals surface area contributed by atoms with Crippen molar-refractivity contribution in [3.63, 3.8) is 0 Å². The van der Waals surface area contributed by atoms with Crippen molar-refractivity contribution in [2.45, 2.75) is 40.7 Å². The molecule has 0 amide bonds. The van der Waals surface area contributed by atoms with E-state index in [0.29, 0.717) is 5.41 Å². The zero-order valence-corrected chi connectivity index (χ0v) is 11.2. The van der Waals surface area contributed by atoms with Crippen LogP contribution in [0.2, 0.25) is 0 Å². The molecule has 0 aliphatic rings. The summed E-state index contributed by atoms with van der Waals surface area (Å²) in [4.78, 5) is 1.43. The molecular formula is C13H23NS. The molecule has 0 atom stereocenters. The fraction of sp³-hybridized carbons (Fsp3) is 0.692. The van der Waals surface area contributed by atoms with Crippen LogP contribution in [0.15, 0.2) is 17.5 Å². The molecule has 0 saturated carbocycles. The summed E-state index contributed by atoms with van der Waals surface area (Å²) >= 11 is 1.82. The van der Waals surface area contributed by atoms with Crippen molar-refractivity contribution in [1.82, 2.24) is 5.32 Å². The molecule has 1 N–H and O–H groups in total. The minimum Gasteiger partial charge on any atom is -0.311 e. The van der Waals surface area contributed by atoms with Gasteiger partial charge in [-0.15, -0.1) is 11.3 Å². The summed E-state index contributed by atoms with van der Waals surface area (Å²) < 4.78 is 0. The van der Waals surface area contributed by atoms with Crippen LogP contribution >= 0.6 is 11.3 Å². The van der Waals surface area contributed by atoms with E-state index in [1.807, 2.05) is 11.3 Å². The third-order valence-electron chi connectivity index (χ3n) is 2.44. The first-order valence-corrected chi connectivity index (χ1v) is 6.61. The van der Waals surface area contributed by atoms with Gasteiger partial charge in [0, 0.05) is 18.0 Å². The fourth-order valence-electron chi connectivity index (χ4n) is 2.11. The van der Waals surface area contributed by atoms with Crippen molar-refractivity contribution in [1.29, 1.82) is 0 Å². The van der Waals surface area contributed by atoms with Crippen LogP contribution in [0.3, 0.4) is 0 Å². The molecule has 0 saturated heterocycles. The Morgan fingerprint density at radius 1 is 1.40 bits per heavy atom. The molecule has 0 fully saturated rings. The van der Waals surface area contributed by atoms with E-state index < -0.39 is 0 Å². The number of hydrogen-bond donors (Lipinski definition) is 1. The molecule has 0 aliphatic carbocycles. The number of nitrogens with one attached hydrogen (secondary N) is 1. The molecular weight excluding hydrogens is 202 g/mol. The van der Waals surface area contributed by atoms with Gasteiger partial charge in [-0.25, -0.2) is 0 Å². The van der Waals surface area contributed by atoms with Crippen LogP contribution in [0.1, 0.15) is 39.0 Å². The molecule has 0 spiro atoms. The monoisotopic (exact) mass is 225 g/mol. The van der Waals surface area contributed by atoms with Crippen molar-refractivity contribution in [3.05, 3.63) is 22.4 Å². The second-order valence-corrected chi connectivity index (χ2v) is 6.48. The van der Waals surface area contributed by atoms with Gasteiger partial charge >= 0.3 is 0 Å². The third kappa shape index (κ3) is 5.33. The zero-order valence-electron chi connectivity index (χ0n) is 10.3. The van der Waals surface area contributed by atoms with E-state index in [4.69, 9.17) is 0 Å². The van der Waals surface area contributed by atoms with Gasteiger partial charge in [-0.1, -0.05) is 33.8 Å². The van der Waals surface area contributed by atoms with Crippen molar-refractivity contribution in [2.24, 2.45) is 11.3 Å². The second-order valence-electron chi connectivity index (χ2n) is 5.45. The number of hydrogen-bond acceptors (Lipinski definition) is 2. The first-order valence-electron chi connectivity index (χ1n) is 5.73. The lowest BCUT2D eigenvalue weighted by molar-refractivity contribution is 0.273. The summed E-state index contributed by atoms with van der Waals surface area (Å²) in [6.45, 7) is 11.4. The normalized spacial score (nSPS) is 12.3. The topological polar surface area (TPSA) is 12.0 Å². The van der Waals surface area contributed by atoms with Gasteiger partial charge in [0.15, 0.2) is 0 Å². The summed E-state index contributed by atoms with van der Waals surface area (Å²) in [5, 5.41) is 5.68. The summed E-state index contributed by atoms with van der Waals surface area (Å²) in [7, 11) is 0. The lowest BCUT2D eigenvalue weighted by atomic mass is 9.84. The lowest BCUT2D eigenvalue weighted by Crippen LogP contribution is -2.30. The van der Waals surface area contributed by atoms with E-state index in [0.717, 1.165) is 19.0 Å². The Morgan fingerprint density at radius 2 is 2.13 bits per heavy atom. The molecule has 1 aromatic rings. The van der Waals surface area contributed by atoms with Crippen molar-refractivity contribution in [3.8, 4) is 0 Å². The smallest absolute Gasteiger partial charge is 0.0299 e. The van der Waals surface area contributed by atoms with E-state index in [1.165, 1.54) is 11.3 Å². The van der Waals surface area contributed by atoms with E-state index >= 15 is 0 Å². The standard InChI is InChI=1S/C13H23NS/c1-11(2)8-13(3,4)10-14-9-12-6-5-7-15-12/h5-7,11,14H,8-10H2,1-4H3. The average molecular weight is 225 g/mol. The zero-order chi connectivity index (χ0) is 11.3. The van der Waals surface area contributed by atoms with E-state index in [9.17, 15) is 0 Å². The maximum Gasteiger partial charge on any atom is 0.0299 e. The highest BCUT2D eigenvalue weighted by Gasteiger charge is 2.18. The van der Waals surface area contributed by atoms with Crippen LogP contribution in [0, 0.1) is 11.3 Å². The van der Waals surface area contributed by atoms with E-state index in [1.54, 1.807) is 0 Å². The average Bonchev–Trinajstić information content (AvgIpc) is 2.53. The molecule has 1 rings (SSSR count). The fourth-order valence-corrected chi connectivity index (χ4v) is 2.79. The van der Waals surface area contributed by atoms with Crippen LogP contribution in [-0.2, 0) is 6.54 Å². The van der Waals surface area contributed by atoms with Gasteiger partial charge in [0.25, 0.3) is 0 Å². The maximum atomic E-state index is 3.54. The SMILES string of the molecule is CC(C)CC(C)(C)CNCc1cccs1. The van der Waals surface area contributed by atoms with Crippen LogP contribution in [0.4, 0.5) is 0 Å². The van der Waals surface area contributed by atoms with Gasteiger partial charge < -0.3 is 5.32 Å². The quantitative estimate of drug-likeness (QED) is 0.774. The van der Waals surface area contributed by atoms with Gasteiger partial charge in [0.2, 0.25) is 0 Å². The van der Waals surface area contributed by atoms with Crippen molar-refractivity contribution >= 4 is 11.3 Å². The van der Waals surface area contributed by atoms with Gasteiger partial charge in [-0.3, -0.25) is 0 Å². The first kappa shape index (κ1) is 12.7. The maximum absolute atomic E-state index is 3.54. The Labute approximate surface area is 97.9 Å². The van der Waals surface area contributed by atoms with E-state index in [2.05, 4.69) is 50.5 Å². The summed E-state index contributed by atoms with van der Waals surface area (Å²) in [6, 6.07) is 4.30. The van der Waals surface area contributed by atoms with Crippen LogP contribution < -0.4 is 5.32 Å². The molecule has 0 radical (unpaired) electrons. The largest absolute Gasteiger partial charge is 0.311 e. The van der Waals surface area contributed by atoms with Crippen LogP contribution in [0.5, 0.6) is 0 Å². The molecule has 1 heterocycles. The minimum atomic E-state index is 0.408. The van der Waals surface area contributed by atoms with Crippen molar-refractivity contribution < 1.29 is 0 Å². The Balaban J connectivity index is 2.24. The lowest BCUT2D eigenvalue weighted by Gasteiger charge is -2.27. The number of thiophene rings is 1. The molecule has 0 bridgehead atoms. The highest BCUT2D eigenvalue weighted by atomic mass is 32.1. The molecule has 1 aromatic heterocycles. The second kappa shape index (κ2) is 5.66. The Morgan fingerprint density at radius 3 is 2.67 bits per heavy atom. The Kier molecular flexibility index (Phi) is 4.81. The molecule has 0 unspecified atom stereocenters. The predicted molar refractivity (Wildman–Crippen MR) is 69.3 cm³/mol. The first-order chi connectivity index (χ1) is 6.99. The molecule has 0 aliphatic heterocycles. The van der Waals surface area contributed by atoms with Gasteiger partial charge in [0.1, 0.15) is 0 Å². The van der Waals surface area contributed by atoms with Crippen LogP contribution in [0.25, 0.3) is 0 Å². The van der Waals surface area contributed by atoms with Gasteiger partial charge in [-0.2, -0.15) is 0 Å². The van der Waals surface area contributed by atoms with Gasteiger partial charge in [-0.05, 0) is 29.2 Å². The molecule has 0 aromatic carbocycles. The molecule has 15 heavy (non-hydrogen) atoms. The number of rotatable bonds is 6. The summed E-state index contributed by atoms with van der Waals surface area (Å²) in [5.74, 6) is 0.781. The molecule has 86 valence electrons. The Bertz CT molecular complexity index is 262. The van der Waals surface area contributed by atoms with Gasteiger partial charge in [0.05, 0.1) is 0 Å². The molecule has 2 heteroatoms. The van der Waals surface area contributed by atoms with Crippen LogP contribution in [-0.4, -0.2) is 6.54 Å². The summed E-state index contributed by atoms with van der Waals surface area (Å²) in [6.07, 6.45) is 1.28. The Hall–Kier alpha value is -0.340. The third-order valence-corrected chi connectivity index (χ3v) is 3.32. The van der Waals surface area contributed by atoms with E-state index in [-0.39, 0.29) is 0 Å². The predicted octanol–water partition coefficient (Wildman–Crippen LogP) is 3.91. The summed E-state index contributed by atoms with van der Waals surface area (Å²) in [5.41, 5.74) is 0.408. The molecule has 1 nitrogen and oxygen atoms in total. The minimum absolute atomic E-state index is 0.408.